The topological polar surface area (TPSA) is 0 Å². The zero-order valence-corrected chi connectivity index (χ0v) is 15.0. The predicted octanol–water partition coefficient (Wildman–Crippen LogP) is 7.38. The van der Waals surface area contributed by atoms with Crippen molar-refractivity contribution in [3.05, 3.63) is 61.2 Å². The molecule has 1 rings (SSSR count). The van der Waals surface area contributed by atoms with Crippen LogP contribution in [0.4, 0.5) is 0 Å². The molecule has 0 heterocycles. The highest BCUT2D eigenvalue weighted by Crippen LogP contribution is 2.02. The third-order valence-electron chi connectivity index (χ3n) is 1.43. The minimum absolute atomic E-state index is 1.37. The molecule has 0 nitrogen and oxygen atoms in total. The van der Waals surface area contributed by atoms with Gasteiger partial charge in [0.25, 0.3) is 0 Å². The standard InChI is InChI=1S/C8H10.C3H6.3C2H6.C2H4/c1-7-5-3-4-6-8(7)2;1-3-2;4*1-2/h3-6H,1-2H3;3H,1H2,2H3;3*1-2H3;1-2H2. The van der Waals surface area contributed by atoms with Crippen LogP contribution >= 0.6 is 0 Å². The third kappa shape index (κ3) is 38.4. The first-order valence-electron chi connectivity index (χ1n) is 7.31. The highest BCUT2D eigenvalue weighted by Gasteiger charge is 1.83. The fourth-order valence-electron chi connectivity index (χ4n) is 0.663. The number of hydrogen-bond donors (Lipinski definition) is 0. The summed E-state index contributed by atoms with van der Waals surface area (Å²) in [5.74, 6) is 0. The van der Waals surface area contributed by atoms with Crippen LogP contribution in [0.3, 0.4) is 0 Å². The Balaban J connectivity index is -0.0000000508. The Morgan fingerprint density at radius 3 is 1.00 bits per heavy atom. The van der Waals surface area contributed by atoms with E-state index in [4.69, 9.17) is 0 Å². The minimum atomic E-state index is 1.37. The Kier molecular flexibility index (Phi) is 70.5. The molecular weight excluding hydrogens is 228 g/mol. The van der Waals surface area contributed by atoms with Gasteiger partial charge in [-0.3, -0.25) is 0 Å². The lowest BCUT2D eigenvalue weighted by Gasteiger charge is -1.93. The minimum Gasteiger partial charge on any atom is -0.106 e. The van der Waals surface area contributed by atoms with Crippen LogP contribution in [0, 0.1) is 13.8 Å². The van der Waals surface area contributed by atoms with Gasteiger partial charge in [-0.25, -0.2) is 0 Å². The first kappa shape index (κ1) is 30.6. The van der Waals surface area contributed by atoms with E-state index in [1.165, 1.54) is 11.1 Å². The molecule has 0 amide bonds. The van der Waals surface area contributed by atoms with Crippen LogP contribution in [0.5, 0.6) is 0 Å². The monoisotopic (exact) mass is 266 g/mol. The van der Waals surface area contributed by atoms with Crippen LogP contribution in [0.15, 0.2) is 50.1 Å². The Labute approximate surface area is 124 Å². The zero-order valence-electron chi connectivity index (χ0n) is 15.0. The third-order valence-corrected chi connectivity index (χ3v) is 1.43. The van der Waals surface area contributed by atoms with E-state index in [9.17, 15) is 0 Å². The summed E-state index contributed by atoms with van der Waals surface area (Å²) in [5, 5.41) is 0. The van der Waals surface area contributed by atoms with Crippen LogP contribution in [-0.4, -0.2) is 0 Å². The fourth-order valence-corrected chi connectivity index (χ4v) is 0.663. The molecule has 0 saturated carbocycles. The molecule has 0 bridgehead atoms. The molecule has 1 aromatic carbocycles. The van der Waals surface area contributed by atoms with Crippen LogP contribution in [0.2, 0.25) is 0 Å². The summed E-state index contributed by atoms with van der Waals surface area (Å²) in [6.45, 7) is 27.5. The molecule has 0 atom stereocenters. The van der Waals surface area contributed by atoms with Crippen LogP contribution in [-0.2, 0) is 0 Å². The molecule has 0 radical (unpaired) electrons. The number of hydrogen-bond acceptors (Lipinski definition) is 0. The first-order chi connectivity index (χ1) is 9.22. The first-order valence-corrected chi connectivity index (χ1v) is 7.31. The highest BCUT2D eigenvalue weighted by atomic mass is 13.9. The molecule has 0 saturated heterocycles. The molecule has 0 spiro atoms. The van der Waals surface area contributed by atoms with Crippen LogP contribution in [0.1, 0.15) is 59.6 Å². The second-order valence-corrected chi connectivity index (χ2v) is 2.49. The lowest BCUT2D eigenvalue weighted by atomic mass is 10.1. The SMILES string of the molecule is C=C.C=CC.CC.CC.CC.Cc1ccccc1C. The summed E-state index contributed by atoms with van der Waals surface area (Å²) in [6.07, 6.45) is 1.75. The second-order valence-electron chi connectivity index (χ2n) is 2.49. The summed E-state index contributed by atoms with van der Waals surface area (Å²) in [6, 6.07) is 8.36. The second kappa shape index (κ2) is 43.7. The summed E-state index contributed by atoms with van der Waals surface area (Å²) in [4.78, 5) is 0. The van der Waals surface area contributed by atoms with Crippen molar-refractivity contribution in [1.82, 2.24) is 0 Å². The zero-order chi connectivity index (χ0) is 16.7. The predicted molar refractivity (Wildman–Crippen MR) is 97.1 cm³/mol. The molecule has 114 valence electrons. The van der Waals surface area contributed by atoms with E-state index >= 15 is 0 Å². The maximum atomic E-state index is 3.36. The van der Waals surface area contributed by atoms with Crippen LogP contribution < -0.4 is 0 Å². The van der Waals surface area contributed by atoms with Gasteiger partial charge in [-0.1, -0.05) is 71.9 Å². The maximum Gasteiger partial charge on any atom is -0.0395 e. The number of benzene rings is 1. The molecule has 0 aliphatic heterocycles. The molecule has 0 N–H and O–H groups in total. The van der Waals surface area contributed by atoms with Crippen molar-refractivity contribution in [2.45, 2.75) is 62.3 Å². The van der Waals surface area contributed by atoms with E-state index in [-0.39, 0.29) is 0 Å². The van der Waals surface area contributed by atoms with Crippen LogP contribution in [0.25, 0.3) is 0 Å². The maximum absolute atomic E-state index is 3.36. The Bertz CT molecular complexity index is 202. The largest absolute Gasteiger partial charge is 0.106 e. The van der Waals surface area contributed by atoms with Gasteiger partial charge in [0.2, 0.25) is 0 Å². The average Bonchev–Trinajstić information content (AvgIpc) is 2.51. The summed E-state index contributed by atoms with van der Waals surface area (Å²) in [7, 11) is 0. The van der Waals surface area contributed by atoms with E-state index < -0.39 is 0 Å². The lowest BCUT2D eigenvalue weighted by molar-refractivity contribution is 1.34. The summed E-state index contributed by atoms with van der Waals surface area (Å²) < 4.78 is 0. The quantitative estimate of drug-likeness (QED) is 0.430. The molecule has 0 aliphatic carbocycles. The van der Waals surface area contributed by atoms with Gasteiger partial charge in [-0.2, -0.15) is 0 Å². The number of rotatable bonds is 0. The normalized spacial score (nSPS) is 5.74. The number of allylic oxidation sites excluding steroid dienone is 1. The molecule has 0 aromatic heterocycles. The van der Waals surface area contributed by atoms with E-state index in [1.54, 1.807) is 6.08 Å². The van der Waals surface area contributed by atoms with E-state index in [1.807, 2.05) is 48.5 Å². The summed E-state index contributed by atoms with van der Waals surface area (Å²) >= 11 is 0. The smallest absolute Gasteiger partial charge is 0.0395 e. The lowest BCUT2D eigenvalue weighted by Crippen LogP contribution is -1.74. The van der Waals surface area contributed by atoms with E-state index in [2.05, 4.69) is 57.8 Å². The van der Waals surface area contributed by atoms with Gasteiger partial charge in [-0.15, -0.1) is 19.7 Å². The summed E-state index contributed by atoms with van der Waals surface area (Å²) in [5.41, 5.74) is 2.74. The molecule has 0 unspecified atom stereocenters. The number of aryl methyl sites for hydroxylation is 2. The Hall–Kier alpha value is -1.30. The molecule has 19 heavy (non-hydrogen) atoms. The van der Waals surface area contributed by atoms with Gasteiger partial charge < -0.3 is 0 Å². The van der Waals surface area contributed by atoms with Crippen molar-refractivity contribution in [3.63, 3.8) is 0 Å². The van der Waals surface area contributed by atoms with Crippen molar-refractivity contribution < 1.29 is 0 Å². The molecule has 0 fully saturated rings. The Morgan fingerprint density at radius 1 is 0.737 bits per heavy atom. The highest BCUT2D eigenvalue weighted by molar-refractivity contribution is 5.23. The van der Waals surface area contributed by atoms with Gasteiger partial charge in [0, 0.05) is 0 Å². The van der Waals surface area contributed by atoms with Gasteiger partial charge in [-0.05, 0) is 31.9 Å². The molecule has 0 heteroatoms. The van der Waals surface area contributed by atoms with Gasteiger partial charge >= 0.3 is 0 Å². The Morgan fingerprint density at radius 2 is 0.895 bits per heavy atom. The average molecular weight is 267 g/mol. The van der Waals surface area contributed by atoms with E-state index in [0.29, 0.717) is 0 Å². The van der Waals surface area contributed by atoms with Gasteiger partial charge in [0.1, 0.15) is 0 Å². The molecular formula is C19H38. The van der Waals surface area contributed by atoms with E-state index in [0.717, 1.165) is 0 Å². The van der Waals surface area contributed by atoms with Crippen molar-refractivity contribution in [2.24, 2.45) is 0 Å². The van der Waals surface area contributed by atoms with Crippen molar-refractivity contribution >= 4 is 0 Å². The fraction of sp³-hybridized carbons (Fsp3) is 0.474. The molecule has 0 aliphatic rings. The molecule has 1 aromatic rings. The van der Waals surface area contributed by atoms with Gasteiger partial charge in [0.15, 0.2) is 0 Å². The van der Waals surface area contributed by atoms with Crippen molar-refractivity contribution in [3.8, 4) is 0 Å². The van der Waals surface area contributed by atoms with Crippen molar-refractivity contribution in [1.29, 1.82) is 0 Å². The van der Waals surface area contributed by atoms with Gasteiger partial charge in [0.05, 0.1) is 0 Å². The van der Waals surface area contributed by atoms with Crippen molar-refractivity contribution in [2.75, 3.05) is 0 Å².